The van der Waals surface area contributed by atoms with Crippen molar-refractivity contribution in [1.82, 2.24) is 14.9 Å². The summed E-state index contributed by atoms with van der Waals surface area (Å²) in [5.41, 5.74) is 0.318. The van der Waals surface area contributed by atoms with Crippen LogP contribution in [0.3, 0.4) is 0 Å². The van der Waals surface area contributed by atoms with E-state index in [2.05, 4.69) is 23.1 Å². The zero-order valence-corrected chi connectivity index (χ0v) is 14.4. The van der Waals surface area contributed by atoms with Crippen LogP contribution in [0, 0.1) is 0 Å². The van der Waals surface area contributed by atoms with E-state index < -0.39 is 5.97 Å². The molecule has 1 aromatic heterocycles. The fourth-order valence-corrected chi connectivity index (χ4v) is 2.37. The van der Waals surface area contributed by atoms with Gasteiger partial charge in [-0.25, -0.2) is 4.98 Å². The summed E-state index contributed by atoms with van der Waals surface area (Å²) < 4.78 is 5.00. The van der Waals surface area contributed by atoms with Gasteiger partial charge in [-0.15, -0.1) is 13.2 Å². The number of aromatic amines is 1. The average molecular weight is 355 g/mol. The number of hydrogen-bond acceptors (Lipinski definition) is 5. The first-order valence-electron chi connectivity index (χ1n) is 8.18. The Kier molecular flexibility index (Phi) is 6.84. The van der Waals surface area contributed by atoms with Crippen LogP contribution in [0.25, 0.3) is 10.9 Å². The molecule has 0 saturated heterocycles. The molecule has 1 amide bonds. The van der Waals surface area contributed by atoms with E-state index in [4.69, 9.17) is 4.74 Å². The van der Waals surface area contributed by atoms with Crippen LogP contribution >= 0.6 is 0 Å². The number of fused-ring (bicyclic) bond motifs is 1. The molecular formula is C19H21N3O4. The smallest absolute Gasteiger partial charge is 0.306 e. The Morgan fingerprint density at radius 2 is 1.88 bits per heavy atom. The van der Waals surface area contributed by atoms with Crippen LogP contribution in [0.1, 0.15) is 12.2 Å². The number of aromatic nitrogens is 2. The van der Waals surface area contributed by atoms with E-state index in [9.17, 15) is 14.4 Å². The summed E-state index contributed by atoms with van der Waals surface area (Å²) in [6.07, 6.45) is 3.41. The molecule has 2 aromatic rings. The lowest BCUT2D eigenvalue weighted by molar-refractivity contribution is -0.151. The summed E-state index contributed by atoms with van der Waals surface area (Å²) in [7, 11) is 0. The minimum atomic E-state index is -0.536. The van der Waals surface area contributed by atoms with Gasteiger partial charge < -0.3 is 14.6 Å². The number of aryl methyl sites for hydroxylation is 1. The monoisotopic (exact) mass is 355 g/mol. The number of ether oxygens (including phenoxy) is 1. The molecule has 1 heterocycles. The van der Waals surface area contributed by atoms with Crippen molar-refractivity contribution in [3.8, 4) is 0 Å². The van der Waals surface area contributed by atoms with Crippen molar-refractivity contribution in [2.75, 3.05) is 19.7 Å². The van der Waals surface area contributed by atoms with Crippen molar-refractivity contribution in [1.29, 1.82) is 0 Å². The fourth-order valence-electron chi connectivity index (χ4n) is 2.37. The van der Waals surface area contributed by atoms with Crippen LogP contribution in [-0.2, 0) is 20.7 Å². The largest absolute Gasteiger partial charge is 0.456 e. The summed E-state index contributed by atoms with van der Waals surface area (Å²) in [4.78, 5) is 44.3. The number of amides is 1. The second-order valence-electron chi connectivity index (χ2n) is 5.57. The zero-order valence-electron chi connectivity index (χ0n) is 14.4. The first kappa shape index (κ1) is 19.1. The third kappa shape index (κ3) is 5.14. The average Bonchev–Trinajstić information content (AvgIpc) is 2.64. The van der Waals surface area contributed by atoms with Crippen LogP contribution in [0.5, 0.6) is 0 Å². The van der Waals surface area contributed by atoms with Crippen LogP contribution in [0.15, 0.2) is 54.4 Å². The summed E-state index contributed by atoms with van der Waals surface area (Å²) in [6.45, 7) is 7.52. The highest BCUT2D eigenvalue weighted by molar-refractivity contribution is 5.81. The topological polar surface area (TPSA) is 92.4 Å². The van der Waals surface area contributed by atoms with Crippen molar-refractivity contribution >= 4 is 22.8 Å². The van der Waals surface area contributed by atoms with Gasteiger partial charge in [-0.2, -0.15) is 0 Å². The van der Waals surface area contributed by atoms with Crippen molar-refractivity contribution in [2.24, 2.45) is 0 Å². The van der Waals surface area contributed by atoms with E-state index in [0.29, 0.717) is 29.8 Å². The van der Waals surface area contributed by atoms with Gasteiger partial charge >= 0.3 is 5.97 Å². The van der Waals surface area contributed by atoms with E-state index in [1.165, 1.54) is 4.90 Å². The SMILES string of the molecule is C=CCN(CC=C)C(=O)COC(=O)CCc1nc2ccccc2c(=O)[nH]1. The summed E-state index contributed by atoms with van der Waals surface area (Å²) in [5, 5.41) is 0.494. The molecule has 7 nitrogen and oxygen atoms in total. The number of nitrogens with one attached hydrogen (secondary N) is 1. The van der Waals surface area contributed by atoms with Gasteiger partial charge in [0.2, 0.25) is 0 Å². The maximum Gasteiger partial charge on any atom is 0.306 e. The summed E-state index contributed by atoms with van der Waals surface area (Å²) in [5.74, 6) is -0.460. The third-order valence-electron chi connectivity index (χ3n) is 3.64. The number of H-pyrrole nitrogens is 1. The van der Waals surface area contributed by atoms with Gasteiger partial charge in [0.1, 0.15) is 5.82 Å². The van der Waals surface area contributed by atoms with E-state index in [1.54, 1.807) is 36.4 Å². The van der Waals surface area contributed by atoms with Crippen LogP contribution in [0.2, 0.25) is 0 Å². The van der Waals surface area contributed by atoms with Crippen molar-refractivity contribution in [3.05, 3.63) is 65.8 Å². The molecule has 136 valence electrons. The molecule has 0 aliphatic heterocycles. The van der Waals surface area contributed by atoms with E-state index in [0.717, 1.165) is 0 Å². The number of esters is 1. The molecule has 2 rings (SSSR count). The Labute approximate surface area is 151 Å². The normalized spacial score (nSPS) is 10.3. The van der Waals surface area contributed by atoms with Crippen LogP contribution in [0.4, 0.5) is 0 Å². The van der Waals surface area contributed by atoms with Gasteiger partial charge in [-0.05, 0) is 12.1 Å². The fraction of sp³-hybridized carbons (Fsp3) is 0.263. The predicted molar refractivity (Wildman–Crippen MR) is 98.6 cm³/mol. The number of benzene rings is 1. The lowest BCUT2D eigenvalue weighted by atomic mass is 10.2. The molecule has 0 fully saturated rings. The third-order valence-corrected chi connectivity index (χ3v) is 3.64. The predicted octanol–water partition coefficient (Wildman–Crippen LogP) is 1.60. The number of rotatable bonds is 9. The summed E-state index contributed by atoms with van der Waals surface area (Å²) in [6, 6.07) is 6.97. The number of carbonyl (C=O) groups is 2. The van der Waals surface area contributed by atoms with Gasteiger partial charge in [-0.1, -0.05) is 24.3 Å². The molecule has 0 bridgehead atoms. The molecule has 0 spiro atoms. The lowest BCUT2D eigenvalue weighted by Crippen LogP contribution is -2.35. The van der Waals surface area contributed by atoms with E-state index >= 15 is 0 Å². The number of hydrogen-bond donors (Lipinski definition) is 1. The second kappa shape index (κ2) is 9.31. The van der Waals surface area contributed by atoms with Crippen LogP contribution < -0.4 is 5.56 Å². The highest BCUT2D eigenvalue weighted by Gasteiger charge is 2.14. The maximum absolute atomic E-state index is 12.0. The Morgan fingerprint density at radius 3 is 2.58 bits per heavy atom. The number of para-hydroxylation sites is 1. The first-order chi connectivity index (χ1) is 12.5. The van der Waals surface area contributed by atoms with E-state index in [1.807, 2.05) is 0 Å². The van der Waals surface area contributed by atoms with Crippen molar-refractivity contribution in [2.45, 2.75) is 12.8 Å². The molecule has 7 heteroatoms. The molecular weight excluding hydrogens is 334 g/mol. The highest BCUT2D eigenvalue weighted by Crippen LogP contribution is 2.07. The van der Waals surface area contributed by atoms with E-state index in [-0.39, 0.29) is 30.9 Å². The lowest BCUT2D eigenvalue weighted by Gasteiger charge is -2.18. The molecule has 0 aliphatic rings. The van der Waals surface area contributed by atoms with Gasteiger partial charge in [0.05, 0.1) is 17.3 Å². The van der Waals surface area contributed by atoms with Crippen LogP contribution in [-0.4, -0.2) is 46.4 Å². The van der Waals surface area contributed by atoms with Gasteiger partial charge in [0.25, 0.3) is 11.5 Å². The molecule has 1 N–H and O–H groups in total. The van der Waals surface area contributed by atoms with Gasteiger partial charge in [-0.3, -0.25) is 14.4 Å². The Bertz CT molecular complexity index is 862. The standard InChI is InChI=1S/C19H21N3O4/c1-3-11-22(12-4-2)17(23)13-26-18(24)10-9-16-20-15-8-6-5-7-14(15)19(25)21-16/h3-8H,1-2,9-13H2,(H,20,21,25). The quantitative estimate of drug-likeness (QED) is 0.545. The minimum Gasteiger partial charge on any atom is -0.456 e. The Balaban J connectivity index is 1.89. The molecule has 0 radical (unpaired) electrons. The number of carbonyl (C=O) groups excluding carboxylic acids is 2. The molecule has 0 aliphatic carbocycles. The van der Waals surface area contributed by atoms with Gasteiger partial charge in [0, 0.05) is 19.5 Å². The number of nitrogens with zero attached hydrogens (tertiary/aromatic N) is 2. The summed E-state index contributed by atoms with van der Waals surface area (Å²) >= 11 is 0. The van der Waals surface area contributed by atoms with Crippen molar-refractivity contribution in [3.63, 3.8) is 0 Å². The molecule has 26 heavy (non-hydrogen) atoms. The zero-order chi connectivity index (χ0) is 18.9. The highest BCUT2D eigenvalue weighted by atomic mass is 16.5. The molecule has 0 saturated carbocycles. The first-order valence-corrected chi connectivity index (χ1v) is 8.18. The maximum atomic E-state index is 12.0. The second-order valence-corrected chi connectivity index (χ2v) is 5.57. The Morgan fingerprint density at radius 1 is 1.19 bits per heavy atom. The molecule has 0 unspecified atom stereocenters. The van der Waals surface area contributed by atoms with Gasteiger partial charge in [0.15, 0.2) is 6.61 Å². The van der Waals surface area contributed by atoms with Crippen molar-refractivity contribution < 1.29 is 14.3 Å². The molecule has 0 atom stereocenters. The minimum absolute atomic E-state index is 0.0114. The Hall–Kier alpha value is -3.22. The molecule has 1 aromatic carbocycles.